The minimum absolute atomic E-state index is 0.0266. The Morgan fingerprint density at radius 3 is 2.81 bits per heavy atom. The Labute approximate surface area is 159 Å². The van der Waals surface area contributed by atoms with E-state index in [0.717, 1.165) is 29.8 Å². The van der Waals surface area contributed by atoms with E-state index in [1.807, 2.05) is 49.1 Å². The maximum absolute atomic E-state index is 12.8. The molecule has 2 heterocycles. The second kappa shape index (κ2) is 8.70. The quantitative estimate of drug-likeness (QED) is 0.849. The van der Waals surface area contributed by atoms with Crippen LogP contribution in [0.3, 0.4) is 0 Å². The lowest BCUT2D eigenvalue weighted by Gasteiger charge is -2.35. The average Bonchev–Trinajstić information content (AvgIpc) is 3.24. The summed E-state index contributed by atoms with van der Waals surface area (Å²) in [6.45, 7) is 6.51. The summed E-state index contributed by atoms with van der Waals surface area (Å²) in [4.78, 5) is 28.9. The average molecular weight is 369 g/mol. The zero-order valence-electron chi connectivity index (χ0n) is 15.9. The van der Waals surface area contributed by atoms with Gasteiger partial charge in [-0.2, -0.15) is 5.10 Å². The van der Waals surface area contributed by atoms with Crippen LogP contribution in [0, 0.1) is 5.92 Å². The van der Waals surface area contributed by atoms with Crippen molar-refractivity contribution in [1.82, 2.24) is 20.0 Å². The molecule has 0 radical (unpaired) electrons. The molecule has 1 fully saturated rings. The number of nitrogens with one attached hydrogen (secondary N) is 2. The molecule has 0 saturated carbocycles. The highest BCUT2D eigenvalue weighted by Crippen LogP contribution is 2.23. The third-order valence-electron chi connectivity index (χ3n) is 5.04. The number of aromatic amines is 1. The van der Waals surface area contributed by atoms with Gasteiger partial charge in [-0.15, -0.1) is 0 Å². The van der Waals surface area contributed by atoms with Gasteiger partial charge in [0.05, 0.1) is 11.6 Å². The number of piperidine rings is 1. The van der Waals surface area contributed by atoms with Crippen molar-refractivity contribution in [2.75, 3.05) is 31.5 Å². The molecule has 3 rings (SSSR count). The largest absolute Gasteiger partial charge is 0.326 e. The van der Waals surface area contributed by atoms with Crippen LogP contribution in [0.5, 0.6) is 0 Å². The molecule has 1 aliphatic rings. The summed E-state index contributed by atoms with van der Waals surface area (Å²) in [7, 11) is 0. The van der Waals surface area contributed by atoms with Gasteiger partial charge in [-0.25, -0.2) is 4.79 Å². The third-order valence-corrected chi connectivity index (χ3v) is 5.04. The number of aromatic nitrogens is 2. The molecule has 0 unspecified atom stereocenters. The van der Waals surface area contributed by atoms with E-state index in [1.165, 1.54) is 0 Å². The van der Waals surface area contributed by atoms with Gasteiger partial charge in [0.2, 0.25) is 5.91 Å². The summed E-state index contributed by atoms with van der Waals surface area (Å²) in [5.41, 5.74) is 2.62. The van der Waals surface area contributed by atoms with Gasteiger partial charge in [-0.3, -0.25) is 9.89 Å². The maximum Gasteiger partial charge on any atom is 0.320 e. The fraction of sp³-hybridized carbons (Fsp3) is 0.450. The number of carbonyl (C=O) groups excluding carboxylic acids is 2. The predicted molar refractivity (Wildman–Crippen MR) is 105 cm³/mol. The number of H-pyrrole nitrogens is 1. The van der Waals surface area contributed by atoms with E-state index in [9.17, 15) is 9.59 Å². The van der Waals surface area contributed by atoms with Crippen LogP contribution in [-0.4, -0.2) is 58.1 Å². The van der Waals surface area contributed by atoms with Crippen molar-refractivity contribution < 1.29 is 9.59 Å². The lowest BCUT2D eigenvalue weighted by atomic mass is 9.97. The smallest absolute Gasteiger partial charge is 0.320 e. The molecule has 1 aromatic carbocycles. The first-order valence-electron chi connectivity index (χ1n) is 9.56. The lowest BCUT2D eigenvalue weighted by Crippen LogP contribution is -2.49. The summed E-state index contributed by atoms with van der Waals surface area (Å²) in [6, 6.07) is 9.58. The molecule has 7 nitrogen and oxygen atoms in total. The van der Waals surface area contributed by atoms with Crippen LogP contribution in [0.4, 0.5) is 10.5 Å². The molecular weight excluding hydrogens is 342 g/mol. The van der Waals surface area contributed by atoms with Crippen LogP contribution in [-0.2, 0) is 4.79 Å². The van der Waals surface area contributed by atoms with Crippen molar-refractivity contribution in [2.24, 2.45) is 5.92 Å². The van der Waals surface area contributed by atoms with Crippen LogP contribution in [0.25, 0.3) is 11.3 Å². The molecule has 0 bridgehead atoms. The molecule has 3 amide bonds. The van der Waals surface area contributed by atoms with Gasteiger partial charge in [0.1, 0.15) is 0 Å². The van der Waals surface area contributed by atoms with E-state index in [2.05, 4.69) is 15.5 Å². The van der Waals surface area contributed by atoms with Gasteiger partial charge >= 0.3 is 6.03 Å². The van der Waals surface area contributed by atoms with E-state index in [4.69, 9.17) is 0 Å². The molecule has 2 N–H and O–H groups in total. The van der Waals surface area contributed by atoms with Crippen molar-refractivity contribution in [2.45, 2.75) is 26.7 Å². The molecule has 2 aromatic rings. The molecule has 7 heteroatoms. The molecule has 1 aromatic heterocycles. The number of amides is 3. The Balaban J connectivity index is 1.64. The summed E-state index contributed by atoms with van der Waals surface area (Å²) in [5.74, 6) is -0.220. The number of anilines is 1. The number of rotatable bonds is 5. The maximum atomic E-state index is 12.8. The topological polar surface area (TPSA) is 81.3 Å². The highest BCUT2D eigenvalue weighted by molar-refractivity contribution is 5.93. The summed E-state index contributed by atoms with van der Waals surface area (Å²) in [5, 5.41) is 9.89. The minimum atomic E-state index is -0.186. The predicted octanol–water partition coefficient (Wildman–Crippen LogP) is 3.19. The van der Waals surface area contributed by atoms with Crippen LogP contribution in [0.1, 0.15) is 26.7 Å². The Hall–Kier alpha value is -2.83. The third kappa shape index (κ3) is 4.48. The van der Waals surface area contributed by atoms with Crippen molar-refractivity contribution in [3.05, 3.63) is 36.5 Å². The fourth-order valence-corrected chi connectivity index (χ4v) is 3.48. The van der Waals surface area contributed by atoms with E-state index in [-0.39, 0.29) is 17.9 Å². The number of likely N-dealkylation sites (tertiary alicyclic amines) is 1. The first-order valence-corrected chi connectivity index (χ1v) is 9.56. The van der Waals surface area contributed by atoms with Crippen LogP contribution in [0.15, 0.2) is 36.5 Å². The summed E-state index contributed by atoms with van der Waals surface area (Å²) < 4.78 is 0. The molecule has 0 spiro atoms. The van der Waals surface area contributed by atoms with Gasteiger partial charge in [-0.05, 0) is 44.9 Å². The minimum Gasteiger partial charge on any atom is -0.326 e. The van der Waals surface area contributed by atoms with Gasteiger partial charge < -0.3 is 15.1 Å². The van der Waals surface area contributed by atoms with Crippen LogP contribution >= 0.6 is 0 Å². The van der Waals surface area contributed by atoms with Gasteiger partial charge in [0.25, 0.3) is 0 Å². The van der Waals surface area contributed by atoms with Crippen molar-refractivity contribution in [1.29, 1.82) is 0 Å². The number of hydrogen-bond donors (Lipinski definition) is 2. The molecule has 1 aliphatic heterocycles. The lowest BCUT2D eigenvalue weighted by molar-refractivity contribution is -0.121. The Morgan fingerprint density at radius 2 is 2.11 bits per heavy atom. The Morgan fingerprint density at radius 1 is 1.30 bits per heavy atom. The van der Waals surface area contributed by atoms with E-state index in [0.29, 0.717) is 26.2 Å². The standard InChI is InChI=1S/C20H27N5O2/c1-3-24(4-2)20(27)25-12-6-8-16(14-25)19(26)22-17-9-5-7-15(13-17)18-10-11-21-23-18/h5,7,9-11,13,16H,3-4,6,8,12,14H2,1-2H3,(H,21,23)(H,22,26)/t16-/m0/s1. The highest BCUT2D eigenvalue weighted by atomic mass is 16.2. The molecule has 1 saturated heterocycles. The van der Waals surface area contributed by atoms with Gasteiger partial charge in [0.15, 0.2) is 0 Å². The number of benzene rings is 1. The molecule has 1 atom stereocenters. The fourth-order valence-electron chi connectivity index (χ4n) is 3.48. The summed E-state index contributed by atoms with van der Waals surface area (Å²) >= 11 is 0. The molecule has 144 valence electrons. The molecule has 27 heavy (non-hydrogen) atoms. The number of hydrogen-bond acceptors (Lipinski definition) is 3. The number of carbonyl (C=O) groups is 2. The Bertz CT molecular complexity index is 770. The SMILES string of the molecule is CCN(CC)C(=O)N1CCC[C@H](C(=O)Nc2cccc(-c3ccn[nH]3)c2)C1. The van der Waals surface area contributed by atoms with E-state index in [1.54, 1.807) is 11.1 Å². The van der Waals surface area contributed by atoms with Crippen molar-refractivity contribution in [3.8, 4) is 11.3 Å². The normalized spacial score (nSPS) is 16.8. The second-order valence-electron chi connectivity index (χ2n) is 6.78. The zero-order chi connectivity index (χ0) is 19.2. The van der Waals surface area contributed by atoms with Crippen molar-refractivity contribution in [3.63, 3.8) is 0 Å². The first-order chi connectivity index (χ1) is 13.1. The van der Waals surface area contributed by atoms with Gasteiger partial charge in [-0.1, -0.05) is 12.1 Å². The van der Waals surface area contributed by atoms with Crippen LogP contribution < -0.4 is 5.32 Å². The number of nitrogens with zero attached hydrogens (tertiary/aromatic N) is 3. The van der Waals surface area contributed by atoms with Crippen molar-refractivity contribution >= 4 is 17.6 Å². The first kappa shape index (κ1) is 18.9. The van der Waals surface area contributed by atoms with Crippen LogP contribution in [0.2, 0.25) is 0 Å². The van der Waals surface area contributed by atoms with Gasteiger partial charge in [0, 0.05) is 43.6 Å². The molecular formula is C20H27N5O2. The second-order valence-corrected chi connectivity index (χ2v) is 6.78. The highest BCUT2D eigenvalue weighted by Gasteiger charge is 2.30. The number of urea groups is 1. The van der Waals surface area contributed by atoms with E-state index >= 15 is 0 Å². The van der Waals surface area contributed by atoms with E-state index < -0.39 is 0 Å². The Kier molecular flexibility index (Phi) is 6.11. The zero-order valence-corrected chi connectivity index (χ0v) is 15.9. The molecule has 0 aliphatic carbocycles. The summed E-state index contributed by atoms with van der Waals surface area (Å²) in [6.07, 6.45) is 3.34. The monoisotopic (exact) mass is 369 g/mol.